The summed E-state index contributed by atoms with van der Waals surface area (Å²) in [7, 11) is 1.92. The van der Waals surface area contributed by atoms with Gasteiger partial charge in [0.2, 0.25) is 0 Å². The number of hydrogen-bond acceptors (Lipinski definition) is 2. The monoisotopic (exact) mass is 320 g/mol. The first-order valence-corrected chi connectivity index (χ1v) is 7.43. The van der Waals surface area contributed by atoms with Crippen molar-refractivity contribution in [3.8, 4) is 0 Å². The summed E-state index contributed by atoms with van der Waals surface area (Å²) in [5.41, 5.74) is -0.149. The van der Waals surface area contributed by atoms with Crippen molar-refractivity contribution >= 4 is 17.3 Å². The van der Waals surface area contributed by atoms with Gasteiger partial charge in [-0.15, -0.1) is 0 Å². The molecule has 0 aromatic heterocycles. The highest BCUT2D eigenvalue weighted by Crippen LogP contribution is 2.36. The van der Waals surface area contributed by atoms with Gasteiger partial charge < -0.3 is 10.2 Å². The van der Waals surface area contributed by atoms with Crippen molar-refractivity contribution < 1.29 is 13.2 Å². The van der Waals surface area contributed by atoms with E-state index in [2.05, 4.69) is 12.2 Å². The third-order valence-corrected chi connectivity index (χ3v) is 4.70. The van der Waals surface area contributed by atoms with E-state index >= 15 is 0 Å². The van der Waals surface area contributed by atoms with Crippen LogP contribution in [0.15, 0.2) is 18.2 Å². The molecule has 1 heterocycles. The fourth-order valence-electron chi connectivity index (χ4n) is 3.04. The first kappa shape index (κ1) is 16.4. The van der Waals surface area contributed by atoms with E-state index in [1.165, 1.54) is 6.07 Å². The Labute approximate surface area is 128 Å². The highest BCUT2D eigenvalue weighted by atomic mass is 35.5. The van der Waals surface area contributed by atoms with E-state index in [0.717, 1.165) is 12.5 Å². The molecule has 0 bridgehead atoms. The Balaban J connectivity index is 2.32. The van der Waals surface area contributed by atoms with Gasteiger partial charge in [-0.2, -0.15) is 13.2 Å². The highest BCUT2D eigenvalue weighted by Gasteiger charge is 2.35. The molecule has 6 heteroatoms. The van der Waals surface area contributed by atoms with Crippen molar-refractivity contribution in [2.45, 2.75) is 38.5 Å². The standard InChI is InChI=1S/C15H20ClF3N2/c1-9-10(2)21(5-4-14(9)20-3)13-7-11(15(17,18)19)6-12(16)8-13/h6-10,14,20H,4-5H2,1-3H3. The minimum absolute atomic E-state index is 0.121. The van der Waals surface area contributed by atoms with Crippen LogP contribution in [0.5, 0.6) is 0 Å². The number of benzene rings is 1. The zero-order valence-electron chi connectivity index (χ0n) is 12.3. The Morgan fingerprint density at radius 1 is 1.24 bits per heavy atom. The predicted molar refractivity (Wildman–Crippen MR) is 79.9 cm³/mol. The maximum absolute atomic E-state index is 12.9. The topological polar surface area (TPSA) is 15.3 Å². The molecule has 1 aliphatic rings. The first-order valence-electron chi connectivity index (χ1n) is 7.05. The lowest BCUT2D eigenvalue weighted by atomic mass is 9.86. The second-order valence-electron chi connectivity index (χ2n) is 5.67. The molecule has 0 spiro atoms. The molecule has 0 saturated carbocycles. The third kappa shape index (κ3) is 3.46. The molecule has 1 fully saturated rings. The van der Waals surface area contributed by atoms with E-state index in [0.29, 0.717) is 24.2 Å². The Morgan fingerprint density at radius 3 is 2.48 bits per heavy atom. The van der Waals surface area contributed by atoms with Crippen LogP contribution in [-0.2, 0) is 6.18 Å². The van der Waals surface area contributed by atoms with Gasteiger partial charge in [0.05, 0.1) is 5.56 Å². The molecular weight excluding hydrogens is 301 g/mol. The average molecular weight is 321 g/mol. The molecule has 0 radical (unpaired) electrons. The van der Waals surface area contributed by atoms with Gasteiger partial charge in [-0.05, 0) is 44.5 Å². The zero-order chi connectivity index (χ0) is 15.8. The van der Waals surface area contributed by atoms with Crippen LogP contribution in [0.4, 0.5) is 18.9 Å². The number of nitrogens with zero attached hydrogens (tertiary/aromatic N) is 1. The van der Waals surface area contributed by atoms with Crippen molar-refractivity contribution in [1.29, 1.82) is 0 Å². The predicted octanol–water partition coefficient (Wildman–Crippen LogP) is 4.18. The molecule has 1 aliphatic heterocycles. The molecule has 118 valence electrons. The second-order valence-corrected chi connectivity index (χ2v) is 6.11. The average Bonchev–Trinajstić information content (AvgIpc) is 2.40. The third-order valence-electron chi connectivity index (χ3n) is 4.48. The van der Waals surface area contributed by atoms with Crippen LogP contribution in [0.1, 0.15) is 25.8 Å². The van der Waals surface area contributed by atoms with Crippen molar-refractivity contribution in [2.75, 3.05) is 18.5 Å². The normalized spacial score (nSPS) is 27.0. The molecule has 1 saturated heterocycles. The Kier molecular flexibility index (Phi) is 4.73. The molecule has 1 aromatic rings. The highest BCUT2D eigenvalue weighted by molar-refractivity contribution is 6.31. The summed E-state index contributed by atoms with van der Waals surface area (Å²) >= 11 is 5.88. The number of anilines is 1. The zero-order valence-corrected chi connectivity index (χ0v) is 13.1. The lowest BCUT2D eigenvalue weighted by Crippen LogP contribution is -2.52. The van der Waals surface area contributed by atoms with Gasteiger partial charge >= 0.3 is 6.18 Å². The van der Waals surface area contributed by atoms with E-state index in [1.807, 2.05) is 18.9 Å². The van der Waals surface area contributed by atoms with Gasteiger partial charge in [-0.3, -0.25) is 0 Å². The summed E-state index contributed by atoms with van der Waals surface area (Å²) in [5, 5.41) is 3.39. The maximum Gasteiger partial charge on any atom is 0.416 e. The van der Waals surface area contributed by atoms with Crippen LogP contribution in [0.2, 0.25) is 5.02 Å². The largest absolute Gasteiger partial charge is 0.416 e. The quantitative estimate of drug-likeness (QED) is 0.879. The molecule has 3 atom stereocenters. The smallest absolute Gasteiger partial charge is 0.368 e. The Morgan fingerprint density at radius 2 is 1.90 bits per heavy atom. The Bertz CT molecular complexity index is 504. The van der Waals surface area contributed by atoms with Gasteiger partial charge in [-0.1, -0.05) is 18.5 Å². The Hall–Kier alpha value is -0.940. The molecule has 1 aromatic carbocycles. The van der Waals surface area contributed by atoms with E-state index in [4.69, 9.17) is 11.6 Å². The van der Waals surface area contributed by atoms with Gasteiger partial charge in [0, 0.05) is 29.3 Å². The SMILES string of the molecule is CNC1CCN(c2cc(Cl)cc(C(F)(F)F)c2)C(C)C1C. The van der Waals surface area contributed by atoms with Crippen molar-refractivity contribution in [1.82, 2.24) is 5.32 Å². The number of alkyl halides is 3. The molecular formula is C15H20ClF3N2. The maximum atomic E-state index is 12.9. The van der Waals surface area contributed by atoms with Crippen LogP contribution in [-0.4, -0.2) is 25.7 Å². The van der Waals surface area contributed by atoms with Crippen LogP contribution >= 0.6 is 11.6 Å². The van der Waals surface area contributed by atoms with Crippen LogP contribution < -0.4 is 10.2 Å². The molecule has 2 rings (SSSR count). The summed E-state index contributed by atoms with van der Waals surface area (Å²) < 4.78 is 38.8. The van der Waals surface area contributed by atoms with E-state index in [-0.39, 0.29) is 11.1 Å². The number of hydrogen-bond donors (Lipinski definition) is 1. The first-order chi connectivity index (χ1) is 9.74. The minimum Gasteiger partial charge on any atom is -0.368 e. The lowest BCUT2D eigenvalue weighted by molar-refractivity contribution is -0.137. The number of halogens is 4. The van der Waals surface area contributed by atoms with Crippen LogP contribution in [0.25, 0.3) is 0 Å². The number of rotatable bonds is 2. The molecule has 21 heavy (non-hydrogen) atoms. The molecule has 2 nitrogen and oxygen atoms in total. The van der Waals surface area contributed by atoms with Crippen LogP contribution in [0, 0.1) is 5.92 Å². The molecule has 3 unspecified atom stereocenters. The number of piperidine rings is 1. The van der Waals surface area contributed by atoms with Crippen molar-refractivity contribution in [3.05, 3.63) is 28.8 Å². The second kappa shape index (κ2) is 6.05. The van der Waals surface area contributed by atoms with Gasteiger partial charge in [-0.25, -0.2) is 0 Å². The summed E-state index contributed by atoms with van der Waals surface area (Å²) in [5.74, 6) is 0.345. The summed E-state index contributed by atoms with van der Waals surface area (Å²) in [6, 6.07) is 4.31. The summed E-state index contributed by atoms with van der Waals surface area (Å²) in [6.45, 7) is 4.88. The lowest BCUT2D eigenvalue weighted by Gasteiger charge is -2.44. The van der Waals surface area contributed by atoms with Gasteiger partial charge in [0.1, 0.15) is 0 Å². The molecule has 0 amide bonds. The van der Waals surface area contributed by atoms with Gasteiger partial charge in [0.15, 0.2) is 0 Å². The fraction of sp³-hybridized carbons (Fsp3) is 0.600. The molecule has 1 N–H and O–H groups in total. The van der Waals surface area contributed by atoms with Crippen molar-refractivity contribution in [3.63, 3.8) is 0 Å². The van der Waals surface area contributed by atoms with Crippen molar-refractivity contribution in [2.24, 2.45) is 5.92 Å². The van der Waals surface area contributed by atoms with E-state index in [9.17, 15) is 13.2 Å². The summed E-state index contributed by atoms with van der Waals surface area (Å²) in [6.07, 6.45) is -3.48. The van der Waals surface area contributed by atoms with Crippen LogP contribution in [0.3, 0.4) is 0 Å². The fourth-order valence-corrected chi connectivity index (χ4v) is 3.27. The number of nitrogens with one attached hydrogen (secondary N) is 1. The van der Waals surface area contributed by atoms with E-state index in [1.54, 1.807) is 6.07 Å². The summed E-state index contributed by atoms with van der Waals surface area (Å²) in [4.78, 5) is 2.01. The van der Waals surface area contributed by atoms with Gasteiger partial charge in [0.25, 0.3) is 0 Å². The van der Waals surface area contributed by atoms with E-state index < -0.39 is 11.7 Å². The molecule has 0 aliphatic carbocycles. The minimum atomic E-state index is -4.38.